The molecule has 2 heterocycles. The normalized spacial score (nSPS) is 20.9. The van der Waals surface area contributed by atoms with Crippen molar-refractivity contribution in [3.05, 3.63) is 11.8 Å². The summed E-state index contributed by atoms with van der Waals surface area (Å²) in [7, 11) is -2.88. The molecule has 1 aliphatic rings. The first kappa shape index (κ1) is 15.0. The molecule has 0 spiro atoms. The first-order chi connectivity index (χ1) is 9.43. The van der Waals surface area contributed by atoms with Gasteiger partial charge in [-0.15, -0.1) is 0 Å². The maximum atomic E-state index is 11.5. The molecule has 7 heteroatoms. The third-order valence-corrected chi connectivity index (χ3v) is 5.24. The van der Waals surface area contributed by atoms with E-state index >= 15 is 0 Å². The lowest BCUT2D eigenvalue weighted by molar-refractivity contribution is 0.602. The first-order valence-corrected chi connectivity index (χ1v) is 8.83. The molecule has 1 atom stereocenters. The van der Waals surface area contributed by atoms with Crippen LogP contribution in [0.5, 0.6) is 0 Å². The summed E-state index contributed by atoms with van der Waals surface area (Å²) in [5.41, 5.74) is 0.880. The van der Waals surface area contributed by atoms with Crippen molar-refractivity contribution in [3.63, 3.8) is 0 Å². The largest absolute Gasteiger partial charge is 0.366 e. The van der Waals surface area contributed by atoms with E-state index in [1.807, 2.05) is 13.0 Å². The zero-order valence-electron chi connectivity index (χ0n) is 12.3. The Hall–Kier alpha value is -1.37. The Morgan fingerprint density at radius 3 is 2.60 bits per heavy atom. The second-order valence-corrected chi connectivity index (χ2v) is 7.34. The van der Waals surface area contributed by atoms with Crippen LogP contribution in [-0.2, 0) is 9.84 Å². The van der Waals surface area contributed by atoms with Crippen LogP contribution >= 0.6 is 0 Å². The maximum absolute atomic E-state index is 11.5. The molecule has 1 aromatic heterocycles. The van der Waals surface area contributed by atoms with Crippen LogP contribution < -0.4 is 10.2 Å². The number of aromatic nitrogens is 2. The fourth-order valence-electron chi connectivity index (χ4n) is 2.39. The highest BCUT2D eigenvalue weighted by Crippen LogP contribution is 2.19. The van der Waals surface area contributed by atoms with Crippen LogP contribution in [0.25, 0.3) is 0 Å². The van der Waals surface area contributed by atoms with Crippen molar-refractivity contribution in [2.75, 3.05) is 34.8 Å². The number of nitrogens with zero attached hydrogens (tertiary/aromatic N) is 3. The lowest BCUT2D eigenvalue weighted by Crippen LogP contribution is -2.26. The lowest BCUT2D eigenvalue weighted by Gasteiger charge is -2.20. The Balaban J connectivity index is 2.16. The topological polar surface area (TPSA) is 75.2 Å². The van der Waals surface area contributed by atoms with Gasteiger partial charge in [-0.25, -0.2) is 13.4 Å². The van der Waals surface area contributed by atoms with Crippen LogP contribution in [0.15, 0.2) is 6.07 Å². The van der Waals surface area contributed by atoms with Gasteiger partial charge in [0.1, 0.15) is 5.82 Å². The molecule has 6 nitrogen and oxygen atoms in total. The quantitative estimate of drug-likeness (QED) is 0.881. The van der Waals surface area contributed by atoms with E-state index < -0.39 is 9.84 Å². The molecular weight excluding hydrogens is 276 g/mol. The Bertz CT molecular complexity index is 570. The Morgan fingerprint density at radius 1 is 1.35 bits per heavy atom. The van der Waals surface area contributed by atoms with Gasteiger partial charge in [-0.3, -0.25) is 0 Å². The maximum Gasteiger partial charge on any atom is 0.227 e. The number of sulfone groups is 1. The van der Waals surface area contributed by atoms with Crippen LogP contribution in [0.1, 0.15) is 26.0 Å². The summed E-state index contributed by atoms with van der Waals surface area (Å²) >= 11 is 0. The molecule has 0 radical (unpaired) electrons. The fraction of sp³-hybridized carbons (Fsp3) is 0.692. The monoisotopic (exact) mass is 298 g/mol. The predicted molar refractivity (Wildman–Crippen MR) is 81.0 cm³/mol. The van der Waals surface area contributed by atoms with E-state index in [0.29, 0.717) is 18.2 Å². The standard InChI is InChI=1S/C13H22N4O2S/c1-4-17(5-2)13-14-10(3)8-12(16-13)15-11-6-7-20(18,19)9-11/h8,11H,4-7,9H2,1-3H3,(H,14,15,16). The SMILES string of the molecule is CCN(CC)c1nc(C)cc(NC2CCS(=O)(=O)C2)n1. The molecule has 1 unspecified atom stereocenters. The van der Waals surface area contributed by atoms with Gasteiger partial charge in [-0.1, -0.05) is 0 Å². The van der Waals surface area contributed by atoms with Gasteiger partial charge in [-0.2, -0.15) is 4.98 Å². The highest BCUT2D eigenvalue weighted by atomic mass is 32.2. The summed E-state index contributed by atoms with van der Waals surface area (Å²) in [6.07, 6.45) is 0.645. The molecular formula is C13H22N4O2S. The summed E-state index contributed by atoms with van der Waals surface area (Å²) in [4.78, 5) is 11.0. The second-order valence-electron chi connectivity index (χ2n) is 5.11. The van der Waals surface area contributed by atoms with Gasteiger partial charge < -0.3 is 10.2 Å². The summed E-state index contributed by atoms with van der Waals surface area (Å²) in [6.45, 7) is 7.73. The van der Waals surface area contributed by atoms with E-state index in [0.717, 1.165) is 18.8 Å². The van der Waals surface area contributed by atoms with Gasteiger partial charge in [-0.05, 0) is 27.2 Å². The van der Waals surface area contributed by atoms with Gasteiger partial charge >= 0.3 is 0 Å². The third kappa shape index (κ3) is 3.59. The number of anilines is 2. The molecule has 0 aromatic carbocycles. The zero-order chi connectivity index (χ0) is 14.8. The summed E-state index contributed by atoms with van der Waals surface area (Å²) in [5, 5.41) is 3.22. The average Bonchev–Trinajstić information content (AvgIpc) is 2.69. The van der Waals surface area contributed by atoms with Crippen molar-refractivity contribution in [3.8, 4) is 0 Å². The van der Waals surface area contributed by atoms with Gasteiger partial charge in [0.15, 0.2) is 9.84 Å². The van der Waals surface area contributed by atoms with E-state index in [9.17, 15) is 8.42 Å². The number of nitrogens with one attached hydrogen (secondary N) is 1. The van der Waals surface area contributed by atoms with Crippen LogP contribution in [-0.4, -0.2) is 49.0 Å². The minimum atomic E-state index is -2.88. The Morgan fingerprint density at radius 2 is 2.05 bits per heavy atom. The molecule has 20 heavy (non-hydrogen) atoms. The van der Waals surface area contributed by atoms with Crippen molar-refractivity contribution in [2.45, 2.75) is 33.2 Å². The highest BCUT2D eigenvalue weighted by Gasteiger charge is 2.28. The van der Waals surface area contributed by atoms with E-state index in [1.165, 1.54) is 0 Å². The number of hydrogen-bond acceptors (Lipinski definition) is 6. The van der Waals surface area contributed by atoms with Crippen molar-refractivity contribution in [1.29, 1.82) is 0 Å². The molecule has 0 amide bonds. The first-order valence-electron chi connectivity index (χ1n) is 7.01. The smallest absolute Gasteiger partial charge is 0.227 e. The Kier molecular flexibility index (Phi) is 4.47. The molecule has 112 valence electrons. The van der Waals surface area contributed by atoms with Crippen LogP contribution in [0.2, 0.25) is 0 Å². The summed E-state index contributed by atoms with van der Waals surface area (Å²) in [6, 6.07) is 1.82. The van der Waals surface area contributed by atoms with Crippen LogP contribution in [0, 0.1) is 6.92 Å². The molecule has 0 aliphatic carbocycles. The fourth-order valence-corrected chi connectivity index (χ4v) is 4.07. The van der Waals surface area contributed by atoms with Gasteiger partial charge in [0.2, 0.25) is 5.95 Å². The van der Waals surface area contributed by atoms with Gasteiger partial charge in [0, 0.05) is 30.9 Å². The predicted octanol–water partition coefficient (Wildman–Crippen LogP) is 1.23. The lowest BCUT2D eigenvalue weighted by atomic mass is 10.2. The van der Waals surface area contributed by atoms with Crippen molar-refractivity contribution < 1.29 is 8.42 Å². The van der Waals surface area contributed by atoms with Crippen LogP contribution in [0.3, 0.4) is 0 Å². The van der Waals surface area contributed by atoms with Crippen molar-refractivity contribution >= 4 is 21.6 Å². The molecule has 1 aromatic rings. The van der Waals surface area contributed by atoms with Crippen molar-refractivity contribution in [1.82, 2.24) is 9.97 Å². The average molecular weight is 298 g/mol. The number of hydrogen-bond donors (Lipinski definition) is 1. The third-order valence-electron chi connectivity index (χ3n) is 3.47. The van der Waals surface area contributed by atoms with E-state index in [-0.39, 0.29) is 17.5 Å². The minimum Gasteiger partial charge on any atom is -0.366 e. The molecule has 1 N–H and O–H groups in total. The van der Waals surface area contributed by atoms with Gasteiger partial charge in [0.05, 0.1) is 11.5 Å². The van der Waals surface area contributed by atoms with Gasteiger partial charge in [0.25, 0.3) is 0 Å². The number of aryl methyl sites for hydroxylation is 1. The van der Waals surface area contributed by atoms with Crippen molar-refractivity contribution in [2.24, 2.45) is 0 Å². The second kappa shape index (κ2) is 5.95. The molecule has 0 bridgehead atoms. The number of rotatable bonds is 5. The molecule has 1 aliphatic heterocycles. The highest BCUT2D eigenvalue weighted by molar-refractivity contribution is 7.91. The molecule has 2 rings (SSSR count). The molecule has 0 saturated carbocycles. The molecule has 1 fully saturated rings. The van der Waals surface area contributed by atoms with E-state index in [4.69, 9.17) is 0 Å². The summed E-state index contributed by atoms with van der Waals surface area (Å²) < 4.78 is 23.0. The minimum absolute atomic E-state index is 0.0427. The Labute approximate surface area is 120 Å². The molecule has 1 saturated heterocycles. The van der Waals surface area contributed by atoms with Crippen LogP contribution in [0.4, 0.5) is 11.8 Å². The van der Waals surface area contributed by atoms with E-state index in [2.05, 4.69) is 34.0 Å². The summed E-state index contributed by atoms with van der Waals surface area (Å²) in [5.74, 6) is 1.86. The van der Waals surface area contributed by atoms with E-state index in [1.54, 1.807) is 0 Å². The zero-order valence-corrected chi connectivity index (χ0v) is 13.1.